The maximum absolute atomic E-state index is 6.45. The number of hydrogen-bond acceptors (Lipinski definition) is 3. The molecule has 0 fully saturated rings. The van der Waals surface area contributed by atoms with Crippen LogP contribution < -0.4 is 0 Å². The summed E-state index contributed by atoms with van der Waals surface area (Å²) in [5.74, 6) is 0. The summed E-state index contributed by atoms with van der Waals surface area (Å²) in [4.78, 5) is 0. The second kappa shape index (κ2) is 6.32. The highest BCUT2D eigenvalue weighted by molar-refractivity contribution is 7.15. The van der Waals surface area contributed by atoms with Crippen molar-refractivity contribution in [1.82, 2.24) is 10.2 Å². The van der Waals surface area contributed by atoms with Gasteiger partial charge in [0.2, 0.25) is 0 Å². The highest BCUT2D eigenvalue weighted by Crippen LogP contribution is 2.38. The SMILES string of the molecule is Clc1cccc(-c2nnc(C(Cl)c3ccccc3)s2)c1Cl. The Morgan fingerprint density at radius 1 is 0.905 bits per heavy atom. The average molecular weight is 356 g/mol. The summed E-state index contributed by atoms with van der Waals surface area (Å²) < 4.78 is 0. The zero-order chi connectivity index (χ0) is 14.8. The fraction of sp³-hybridized carbons (Fsp3) is 0.0667. The van der Waals surface area contributed by atoms with Gasteiger partial charge in [0, 0.05) is 5.56 Å². The molecule has 21 heavy (non-hydrogen) atoms. The van der Waals surface area contributed by atoms with Crippen molar-refractivity contribution in [3.8, 4) is 10.6 Å². The van der Waals surface area contributed by atoms with Gasteiger partial charge in [-0.1, -0.05) is 77.0 Å². The van der Waals surface area contributed by atoms with Crippen molar-refractivity contribution in [2.45, 2.75) is 5.38 Å². The third kappa shape index (κ3) is 3.06. The van der Waals surface area contributed by atoms with Crippen LogP contribution in [-0.2, 0) is 0 Å². The van der Waals surface area contributed by atoms with Crippen LogP contribution in [0.1, 0.15) is 15.9 Å². The Hall–Kier alpha value is -1.13. The number of alkyl halides is 1. The second-order valence-corrected chi connectivity index (χ2v) is 6.55. The number of aromatic nitrogens is 2. The Labute approximate surface area is 141 Å². The Morgan fingerprint density at radius 3 is 2.43 bits per heavy atom. The molecule has 0 saturated carbocycles. The van der Waals surface area contributed by atoms with Gasteiger partial charge in [-0.15, -0.1) is 21.8 Å². The fourth-order valence-electron chi connectivity index (χ4n) is 1.88. The van der Waals surface area contributed by atoms with Crippen LogP contribution in [0.5, 0.6) is 0 Å². The number of rotatable bonds is 3. The van der Waals surface area contributed by atoms with Crippen LogP contribution in [0.25, 0.3) is 10.6 Å². The fourth-order valence-corrected chi connectivity index (χ4v) is 3.53. The van der Waals surface area contributed by atoms with E-state index in [4.69, 9.17) is 34.8 Å². The molecule has 0 spiro atoms. The normalized spacial score (nSPS) is 12.3. The lowest BCUT2D eigenvalue weighted by atomic mass is 10.1. The lowest BCUT2D eigenvalue weighted by molar-refractivity contribution is 0.988. The average Bonchev–Trinajstić information content (AvgIpc) is 3.00. The highest BCUT2D eigenvalue weighted by atomic mass is 35.5. The van der Waals surface area contributed by atoms with Gasteiger partial charge in [0.15, 0.2) is 0 Å². The molecule has 0 saturated heterocycles. The zero-order valence-corrected chi connectivity index (χ0v) is 13.7. The smallest absolute Gasteiger partial charge is 0.141 e. The van der Waals surface area contributed by atoms with Crippen molar-refractivity contribution in [3.05, 3.63) is 69.1 Å². The van der Waals surface area contributed by atoms with Gasteiger partial charge in [-0.3, -0.25) is 0 Å². The first-order valence-electron chi connectivity index (χ1n) is 6.13. The van der Waals surface area contributed by atoms with E-state index in [1.807, 2.05) is 42.5 Å². The first kappa shape index (κ1) is 14.8. The molecule has 2 nitrogen and oxygen atoms in total. The maximum Gasteiger partial charge on any atom is 0.149 e. The van der Waals surface area contributed by atoms with E-state index in [1.165, 1.54) is 11.3 Å². The van der Waals surface area contributed by atoms with E-state index >= 15 is 0 Å². The minimum absolute atomic E-state index is 0.324. The molecular formula is C15H9Cl3N2S. The number of halogens is 3. The van der Waals surface area contributed by atoms with E-state index in [-0.39, 0.29) is 5.38 Å². The van der Waals surface area contributed by atoms with Crippen molar-refractivity contribution in [2.24, 2.45) is 0 Å². The highest BCUT2D eigenvalue weighted by Gasteiger charge is 2.18. The summed E-state index contributed by atoms with van der Waals surface area (Å²) in [5.41, 5.74) is 1.75. The van der Waals surface area contributed by atoms with Gasteiger partial charge in [0.05, 0.1) is 10.0 Å². The molecular weight excluding hydrogens is 347 g/mol. The molecule has 0 aliphatic rings. The molecule has 0 amide bonds. The molecule has 3 rings (SSSR count). The largest absolute Gasteiger partial charge is 0.149 e. The van der Waals surface area contributed by atoms with Crippen molar-refractivity contribution in [1.29, 1.82) is 0 Å². The van der Waals surface area contributed by atoms with Crippen LogP contribution in [0, 0.1) is 0 Å². The third-order valence-corrected chi connectivity index (χ3v) is 5.36. The summed E-state index contributed by atoms with van der Waals surface area (Å²) in [6.45, 7) is 0. The van der Waals surface area contributed by atoms with E-state index in [9.17, 15) is 0 Å². The van der Waals surface area contributed by atoms with E-state index in [0.717, 1.165) is 16.1 Å². The van der Waals surface area contributed by atoms with Crippen molar-refractivity contribution in [3.63, 3.8) is 0 Å². The number of hydrogen-bond donors (Lipinski definition) is 0. The molecule has 0 bridgehead atoms. The van der Waals surface area contributed by atoms with Crippen LogP contribution in [0.15, 0.2) is 48.5 Å². The second-order valence-electron chi connectivity index (χ2n) is 4.32. The first-order valence-corrected chi connectivity index (χ1v) is 8.14. The standard InChI is InChI=1S/C15H9Cl3N2S/c16-11-8-4-7-10(13(11)18)14-19-20-15(21-14)12(17)9-5-2-1-3-6-9/h1-8,12H. The van der Waals surface area contributed by atoms with Crippen molar-refractivity contribution < 1.29 is 0 Å². The van der Waals surface area contributed by atoms with Gasteiger partial charge < -0.3 is 0 Å². The monoisotopic (exact) mass is 354 g/mol. The minimum Gasteiger partial charge on any atom is -0.141 e. The molecule has 1 heterocycles. The molecule has 3 aromatic rings. The first-order chi connectivity index (χ1) is 10.2. The van der Waals surface area contributed by atoms with Crippen LogP contribution in [0.4, 0.5) is 0 Å². The summed E-state index contributed by atoms with van der Waals surface area (Å²) in [6, 6.07) is 15.2. The van der Waals surface area contributed by atoms with Crippen LogP contribution in [0.3, 0.4) is 0 Å². The molecule has 0 radical (unpaired) electrons. The van der Waals surface area contributed by atoms with Gasteiger partial charge >= 0.3 is 0 Å². The summed E-state index contributed by atoms with van der Waals surface area (Å²) in [5, 5.41) is 10.4. The third-order valence-electron chi connectivity index (χ3n) is 2.93. The minimum atomic E-state index is -0.324. The molecule has 0 aliphatic carbocycles. The Bertz CT molecular complexity index is 759. The molecule has 1 aromatic heterocycles. The van der Waals surface area contributed by atoms with Gasteiger partial charge in [0.1, 0.15) is 15.4 Å². The number of nitrogens with zero attached hydrogens (tertiary/aromatic N) is 2. The van der Waals surface area contributed by atoms with E-state index < -0.39 is 0 Å². The summed E-state index contributed by atoms with van der Waals surface area (Å²) >= 11 is 20.1. The van der Waals surface area contributed by atoms with Gasteiger partial charge in [-0.05, 0) is 11.6 Å². The van der Waals surface area contributed by atoms with Gasteiger partial charge in [-0.25, -0.2) is 0 Å². The Kier molecular flexibility index (Phi) is 4.45. The number of benzene rings is 2. The van der Waals surface area contributed by atoms with Crippen molar-refractivity contribution in [2.75, 3.05) is 0 Å². The maximum atomic E-state index is 6.45. The van der Waals surface area contributed by atoms with E-state index in [1.54, 1.807) is 6.07 Å². The summed E-state index contributed by atoms with van der Waals surface area (Å²) in [7, 11) is 0. The van der Waals surface area contributed by atoms with Crippen LogP contribution >= 0.6 is 46.1 Å². The topological polar surface area (TPSA) is 25.8 Å². The quantitative estimate of drug-likeness (QED) is 0.551. The molecule has 0 N–H and O–H groups in total. The van der Waals surface area contributed by atoms with Crippen LogP contribution in [0.2, 0.25) is 10.0 Å². The molecule has 2 aromatic carbocycles. The van der Waals surface area contributed by atoms with Gasteiger partial charge in [0.25, 0.3) is 0 Å². The van der Waals surface area contributed by atoms with Gasteiger partial charge in [-0.2, -0.15) is 0 Å². The van der Waals surface area contributed by atoms with Crippen LogP contribution in [-0.4, -0.2) is 10.2 Å². The molecule has 6 heteroatoms. The zero-order valence-electron chi connectivity index (χ0n) is 10.6. The Balaban J connectivity index is 1.95. The Morgan fingerprint density at radius 2 is 1.67 bits per heavy atom. The molecule has 0 aliphatic heterocycles. The van der Waals surface area contributed by atoms with E-state index in [2.05, 4.69) is 10.2 Å². The lowest BCUT2D eigenvalue weighted by Crippen LogP contribution is -1.91. The predicted octanol–water partition coefficient (Wildman–Crippen LogP) is 5.84. The lowest BCUT2D eigenvalue weighted by Gasteiger charge is -2.04. The van der Waals surface area contributed by atoms with E-state index in [0.29, 0.717) is 15.1 Å². The summed E-state index contributed by atoms with van der Waals surface area (Å²) in [6.07, 6.45) is 0. The predicted molar refractivity (Wildman–Crippen MR) is 89.5 cm³/mol. The molecule has 1 unspecified atom stereocenters. The molecule has 106 valence electrons. The van der Waals surface area contributed by atoms with Crippen molar-refractivity contribution >= 4 is 46.1 Å². The molecule has 1 atom stereocenters.